The van der Waals surface area contributed by atoms with Gasteiger partial charge >= 0.3 is 0 Å². The largest absolute Gasteiger partial charge is 0.387 e. The number of aromatic nitrogens is 2. The van der Waals surface area contributed by atoms with Gasteiger partial charge in [-0.2, -0.15) is 5.10 Å². The number of allylic oxidation sites excluding steroid dienone is 3. The molecule has 1 atom stereocenters. The van der Waals surface area contributed by atoms with Crippen LogP contribution in [0.25, 0.3) is 16.8 Å². The summed E-state index contributed by atoms with van der Waals surface area (Å²) in [7, 11) is 4.10. The average molecular weight is 510 g/mol. The maximum Gasteiger partial charge on any atom is 0.248 e. The molecule has 1 aliphatic rings. The van der Waals surface area contributed by atoms with Gasteiger partial charge in [-0.15, -0.1) is 0 Å². The summed E-state index contributed by atoms with van der Waals surface area (Å²) in [4.78, 5) is 20.3. The highest BCUT2D eigenvalue weighted by atomic mass is 19.1. The van der Waals surface area contributed by atoms with E-state index in [1.807, 2.05) is 26.0 Å². The highest BCUT2D eigenvalue weighted by Gasteiger charge is 2.29. The van der Waals surface area contributed by atoms with Crippen LogP contribution in [0.2, 0.25) is 0 Å². The number of hydrogen-bond donors (Lipinski definition) is 2. The second kappa shape index (κ2) is 12.9. The summed E-state index contributed by atoms with van der Waals surface area (Å²) >= 11 is 0. The number of aromatic amines is 1. The molecule has 1 amide bonds. The highest BCUT2D eigenvalue weighted by molar-refractivity contribution is 5.89. The van der Waals surface area contributed by atoms with Crippen LogP contribution in [0.4, 0.5) is 4.39 Å². The van der Waals surface area contributed by atoms with E-state index in [2.05, 4.69) is 47.7 Å². The summed E-state index contributed by atoms with van der Waals surface area (Å²) < 4.78 is 15.0. The fourth-order valence-corrected chi connectivity index (χ4v) is 4.65. The van der Waals surface area contributed by atoms with Gasteiger partial charge in [-0.1, -0.05) is 19.6 Å². The number of nitrogens with one attached hydrogen (secondary N) is 1. The number of halogens is 1. The summed E-state index contributed by atoms with van der Waals surface area (Å²) in [5, 5.41) is 17.0. The zero-order valence-electron chi connectivity index (χ0n) is 22.7. The topological polar surface area (TPSA) is 84.8 Å². The van der Waals surface area contributed by atoms with E-state index in [9.17, 15) is 9.90 Å². The van der Waals surface area contributed by atoms with Crippen molar-refractivity contribution in [3.63, 3.8) is 0 Å². The number of hydrogen-bond acceptors (Lipinski definition) is 5. The minimum absolute atomic E-state index is 0.133. The molecule has 37 heavy (non-hydrogen) atoms. The number of nitrogens with zero attached hydrogens (tertiary/aromatic N) is 4. The Kier molecular flexibility index (Phi) is 9.94. The molecular formula is C29H40FN5O2. The zero-order valence-corrected chi connectivity index (χ0v) is 22.7. The van der Waals surface area contributed by atoms with Crippen molar-refractivity contribution >= 4 is 17.7 Å². The van der Waals surface area contributed by atoms with Gasteiger partial charge in [0, 0.05) is 47.7 Å². The van der Waals surface area contributed by atoms with E-state index in [1.165, 1.54) is 6.07 Å². The molecule has 1 aromatic carbocycles. The summed E-state index contributed by atoms with van der Waals surface area (Å²) in [5.74, 6) is -0.167. The van der Waals surface area contributed by atoms with Crippen molar-refractivity contribution in [3.8, 4) is 11.3 Å². The van der Waals surface area contributed by atoms with Crippen LogP contribution in [-0.4, -0.2) is 77.6 Å². The normalized spacial score (nSPS) is 16.1. The van der Waals surface area contributed by atoms with E-state index in [0.29, 0.717) is 24.3 Å². The van der Waals surface area contributed by atoms with Gasteiger partial charge < -0.3 is 14.9 Å². The van der Waals surface area contributed by atoms with Gasteiger partial charge in [-0.25, -0.2) is 4.39 Å². The average Bonchev–Trinajstić information content (AvgIpc) is 3.31. The van der Waals surface area contributed by atoms with Gasteiger partial charge in [-0.05, 0) is 89.0 Å². The quantitative estimate of drug-likeness (QED) is 0.451. The van der Waals surface area contributed by atoms with Crippen LogP contribution in [0, 0.1) is 18.7 Å². The molecule has 1 aliphatic heterocycles. The number of piperidine rings is 1. The maximum atomic E-state index is 15.0. The summed E-state index contributed by atoms with van der Waals surface area (Å²) in [6, 6.07) is 5.17. The van der Waals surface area contributed by atoms with Gasteiger partial charge in [-0.3, -0.25) is 14.9 Å². The zero-order chi connectivity index (χ0) is 27.1. The van der Waals surface area contributed by atoms with Crippen LogP contribution in [0.5, 0.6) is 0 Å². The molecule has 200 valence electrons. The van der Waals surface area contributed by atoms with E-state index < -0.39 is 6.61 Å². The first-order valence-electron chi connectivity index (χ1n) is 12.9. The molecule has 1 aromatic heterocycles. The molecule has 2 N–H and O–H groups in total. The smallest absolute Gasteiger partial charge is 0.248 e. The van der Waals surface area contributed by atoms with Crippen LogP contribution < -0.4 is 0 Å². The minimum Gasteiger partial charge on any atom is -0.387 e. The monoisotopic (exact) mass is 509 g/mol. The second-order valence-corrected chi connectivity index (χ2v) is 10.3. The molecule has 1 unspecified atom stereocenters. The maximum absolute atomic E-state index is 15.0. The van der Waals surface area contributed by atoms with Crippen molar-refractivity contribution in [3.05, 3.63) is 59.2 Å². The third kappa shape index (κ3) is 7.23. The van der Waals surface area contributed by atoms with Crippen molar-refractivity contribution < 1.29 is 14.3 Å². The molecule has 1 saturated heterocycles. The van der Waals surface area contributed by atoms with Crippen molar-refractivity contribution in [2.45, 2.75) is 46.0 Å². The summed E-state index contributed by atoms with van der Waals surface area (Å²) in [6.07, 6.45) is 6.14. The predicted octanol–water partition coefficient (Wildman–Crippen LogP) is 4.80. The SMILES string of the molecule is C=C(N=C/C=C(\C)c1c(-c2ccc(C)cc2F)n[nH]c1C1CCN(C(=O)CO)CC1)C(C)CCN(C)C. The molecule has 1 fully saturated rings. The highest BCUT2D eigenvalue weighted by Crippen LogP contribution is 2.38. The first kappa shape index (κ1) is 28.5. The van der Waals surface area contributed by atoms with E-state index in [-0.39, 0.29) is 23.6 Å². The standard InChI is InChI=1S/C29H40FN5O2/c1-19-7-8-24(25(30)17-19)29-27(21(3)9-13-31-22(4)20(2)10-14-34(5)6)28(32-33-29)23-11-15-35(16-12-23)26(37)18-36/h7-9,13,17,20,23,36H,4,10-12,14-16,18H2,1-3,5-6H3,(H,32,33)/b21-9+,31-13?. The van der Waals surface area contributed by atoms with Crippen molar-refractivity contribution in [1.29, 1.82) is 0 Å². The predicted molar refractivity (Wildman–Crippen MR) is 148 cm³/mol. The van der Waals surface area contributed by atoms with E-state index in [1.54, 1.807) is 17.2 Å². The number of H-pyrrole nitrogens is 1. The second-order valence-electron chi connectivity index (χ2n) is 10.3. The van der Waals surface area contributed by atoms with Crippen molar-refractivity contribution in [2.75, 3.05) is 40.3 Å². The van der Waals surface area contributed by atoms with Crippen LogP contribution >= 0.6 is 0 Å². The summed E-state index contributed by atoms with van der Waals surface area (Å²) in [6.45, 7) is 11.7. The van der Waals surface area contributed by atoms with Crippen LogP contribution in [0.15, 0.2) is 41.5 Å². The van der Waals surface area contributed by atoms with Gasteiger partial charge in [0.25, 0.3) is 0 Å². The number of aliphatic hydroxyl groups excluding tert-OH is 1. The number of carbonyl (C=O) groups excluding carboxylic acids is 1. The van der Waals surface area contributed by atoms with Crippen LogP contribution in [0.3, 0.4) is 0 Å². The van der Waals surface area contributed by atoms with Crippen LogP contribution in [0.1, 0.15) is 55.8 Å². The Hall–Kier alpha value is -3.10. The fraction of sp³-hybridized carbons (Fsp3) is 0.483. The number of carbonyl (C=O) groups is 1. The van der Waals surface area contributed by atoms with Crippen molar-refractivity contribution in [2.24, 2.45) is 10.9 Å². The number of amides is 1. The molecule has 2 heterocycles. The van der Waals surface area contributed by atoms with Gasteiger partial charge in [0.2, 0.25) is 5.91 Å². The van der Waals surface area contributed by atoms with E-state index >= 15 is 4.39 Å². The van der Waals surface area contributed by atoms with Gasteiger partial charge in [0.05, 0.1) is 0 Å². The van der Waals surface area contributed by atoms with E-state index in [0.717, 1.165) is 53.9 Å². The summed E-state index contributed by atoms with van der Waals surface area (Å²) in [5.41, 5.74) is 5.41. The van der Waals surface area contributed by atoms with Crippen LogP contribution in [-0.2, 0) is 4.79 Å². The molecule has 0 saturated carbocycles. The lowest BCUT2D eigenvalue weighted by atomic mass is 9.87. The lowest BCUT2D eigenvalue weighted by Crippen LogP contribution is -2.39. The third-order valence-corrected chi connectivity index (χ3v) is 7.10. The number of benzene rings is 1. The molecule has 0 spiro atoms. The number of likely N-dealkylation sites (tertiary alicyclic amines) is 1. The lowest BCUT2D eigenvalue weighted by Gasteiger charge is -2.31. The molecule has 0 aliphatic carbocycles. The molecule has 2 aromatic rings. The number of rotatable bonds is 10. The molecule has 3 rings (SSSR count). The molecule has 0 bridgehead atoms. The first-order valence-corrected chi connectivity index (χ1v) is 12.9. The Morgan fingerprint density at radius 3 is 2.70 bits per heavy atom. The Morgan fingerprint density at radius 2 is 2.08 bits per heavy atom. The number of aliphatic hydroxyl groups is 1. The van der Waals surface area contributed by atoms with Gasteiger partial charge in [0.1, 0.15) is 18.1 Å². The van der Waals surface area contributed by atoms with Gasteiger partial charge in [0.15, 0.2) is 0 Å². The molecule has 8 heteroatoms. The molecular weight excluding hydrogens is 469 g/mol. The Labute approximate surface area is 219 Å². The Balaban J connectivity index is 1.91. The molecule has 0 radical (unpaired) electrons. The molecule has 7 nitrogen and oxygen atoms in total. The van der Waals surface area contributed by atoms with Crippen molar-refractivity contribution in [1.82, 2.24) is 20.0 Å². The number of aryl methyl sites for hydroxylation is 1. The fourth-order valence-electron chi connectivity index (χ4n) is 4.65. The lowest BCUT2D eigenvalue weighted by molar-refractivity contribution is -0.135. The number of aliphatic imine (C=N–C) groups is 1. The van der Waals surface area contributed by atoms with E-state index in [4.69, 9.17) is 0 Å². The minimum atomic E-state index is -0.475. The third-order valence-electron chi connectivity index (χ3n) is 7.10. The Bertz CT molecular complexity index is 1160. The Morgan fingerprint density at radius 1 is 1.38 bits per heavy atom. The first-order chi connectivity index (χ1) is 17.6.